The van der Waals surface area contributed by atoms with Crippen molar-refractivity contribution < 1.29 is 30.1 Å². The summed E-state index contributed by atoms with van der Waals surface area (Å²) in [4.78, 5) is -0.567. The van der Waals surface area contributed by atoms with Gasteiger partial charge in [0.15, 0.2) is 0 Å². The third-order valence-electron chi connectivity index (χ3n) is 3.58. The standard InChI is InChI=1S/C14H11NO6S2.C4H4O/c16-22(17,18)13-7-3-6-12-11(13)5-4-8-14(12)23(19,20)21-15-9-1-2-10-15;1-2-4-5-3-1/h1-10H,(H,16,17,18);1-4H. The van der Waals surface area contributed by atoms with Crippen LogP contribution in [0.5, 0.6) is 0 Å². The number of fused-ring (bicyclic) bond motifs is 1. The highest BCUT2D eigenvalue weighted by Gasteiger charge is 2.22. The van der Waals surface area contributed by atoms with Gasteiger partial charge in [-0.15, -0.1) is 0 Å². The van der Waals surface area contributed by atoms with Crippen LogP contribution in [-0.4, -0.2) is 26.1 Å². The summed E-state index contributed by atoms with van der Waals surface area (Å²) in [5, 5.41) is 0.224. The average Bonchev–Trinajstić information content (AvgIpc) is 3.36. The highest BCUT2D eigenvalue weighted by molar-refractivity contribution is 7.87. The van der Waals surface area contributed by atoms with Crippen molar-refractivity contribution in [3.63, 3.8) is 0 Å². The molecule has 0 aliphatic carbocycles. The summed E-state index contributed by atoms with van der Waals surface area (Å²) in [6.07, 6.45) is 6.07. The number of hydrogen-bond acceptors (Lipinski definition) is 6. The van der Waals surface area contributed by atoms with Crippen molar-refractivity contribution in [2.45, 2.75) is 9.79 Å². The Balaban J connectivity index is 0.000000391. The van der Waals surface area contributed by atoms with Gasteiger partial charge in [-0.2, -0.15) is 21.6 Å². The van der Waals surface area contributed by atoms with E-state index in [0.717, 1.165) is 4.73 Å². The molecule has 146 valence electrons. The minimum absolute atomic E-state index is 0.0900. The maximum atomic E-state index is 12.4. The molecule has 0 aliphatic heterocycles. The molecule has 0 spiro atoms. The van der Waals surface area contributed by atoms with Crippen molar-refractivity contribution in [3.8, 4) is 0 Å². The Labute approximate surface area is 161 Å². The van der Waals surface area contributed by atoms with Gasteiger partial charge >= 0.3 is 10.1 Å². The van der Waals surface area contributed by atoms with Gasteiger partial charge in [0.25, 0.3) is 10.1 Å². The second-order valence-corrected chi connectivity index (χ2v) is 8.33. The van der Waals surface area contributed by atoms with Crippen LogP contribution in [0.1, 0.15) is 0 Å². The molecule has 2 aromatic heterocycles. The molecule has 0 fully saturated rings. The summed E-state index contributed by atoms with van der Waals surface area (Å²) in [5.74, 6) is 0. The number of aromatic nitrogens is 1. The van der Waals surface area contributed by atoms with E-state index in [0.29, 0.717) is 0 Å². The van der Waals surface area contributed by atoms with Crippen molar-refractivity contribution in [2.24, 2.45) is 0 Å². The van der Waals surface area contributed by atoms with Gasteiger partial charge in [-0.3, -0.25) is 8.84 Å². The third-order valence-corrected chi connectivity index (χ3v) is 5.75. The van der Waals surface area contributed by atoms with Gasteiger partial charge in [0.2, 0.25) is 0 Å². The fourth-order valence-electron chi connectivity index (χ4n) is 2.44. The van der Waals surface area contributed by atoms with Gasteiger partial charge in [0.1, 0.15) is 9.79 Å². The second kappa shape index (κ2) is 7.89. The first-order valence-electron chi connectivity index (χ1n) is 7.83. The fourth-order valence-corrected chi connectivity index (χ4v) is 4.25. The van der Waals surface area contributed by atoms with E-state index in [1.165, 1.54) is 48.8 Å². The summed E-state index contributed by atoms with van der Waals surface area (Å²) in [6.45, 7) is 0. The molecule has 0 bridgehead atoms. The van der Waals surface area contributed by atoms with E-state index in [9.17, 15) is 21.4 Å². The molecule has 2 aromatic carbocycles. The first-order chi connectivity index (χ1) is 13.3. The van der Waals surface area contributed by atoms with Crippen LogP contribution < -0.4 is 4.28 Å². The molecule has 1 N–H and O–H groups in total. The minimum Gasteiger partial charge on any atom is -0.473 e. The van der Waals surface area contributed by atoms with Crippen LogP contribution in [-0.2, 0) is 20.2 Å². The molecule has 4 rings (SSSR count). The summed E-state index contributed by atoms with van der Waals surface area (Å²) in [7, 11) is -8.67. The van der Waals surface area contributed by atoms with Gasteiger partial charge in [0, 0.05) is 23.2 Å². The van der Waals surface area contributed by atoms with Crippen LogP contribution in [0.25, 0.3) is 10.8 Å². The highest BCUT2D eigenvalue weighted by Crippen LogP contribution is 2.28. The Morgan fingerprint density at radius 1 is 0.750 bits per heavy atom. The van der Waals surface area contributed by atoms with Crippen LogP contribution in [0.15, 0.2) is 99.8 Å². The zero-order chi connectivity index (χ0) is 20.2. The summed E-state index contributed by atoms with van der Waals surface area (Å²) in [5.41, 5.74) is 0. The molecule has 0 saturated heterocycles. The van der Waals surface area contributed by atoms with Crippen molar-refractivity contribution in [1.29, 1.82) is 0 Å². The zero-order valence-electron chi connectivity index (χ0n) is 14.2. The van der Waals surface area contributed by atoms with Crippen LogP contribution in [0, 0.1) is 0 Å². The second-order valence-electron chi connectivity index (χ2n) is 5.45. The van der Waals surface area contributed by atoms with E-state index in [1.54, 1.807) is 24.7 Å². The van der Waals surface area contributed by atoms with E-state index in [4.69, 9.17) is 4.28 Å². The third kappa shape index (κ3) is 4.42. The highest BCUT2D eigenvalue weighted by atomic mass is 32.2. The minimum atomic E-state index is -4.48. The van der Waals surface area contributed by atoms with Crippen molar-refractivity contribution in [3.05, 3.63) is 85.6 Å². The lowest BCUT2D eigenvalue weighted by Gasteiger charge is -2.10. The molecule has 4 aromatic rings. The predicted molar refractivity (Wildman–Crippen MR) is 101 cm³/mol. The van der Waals surface area contributed by atoms with E-state index >= 15 is 0 Å². The molecule has 0 radical (unpaired) electrons. The first kappa shape index (κ1) is 19.7. The molecule has 0 aliphatic rings. The lowest BCUT2D eigenvalue weighted by atomic mass is 10.1. The molecule has 0 unspecified atom stereocenters. The van der Waals surface area contributed by atoms with Crippen molar-refractivity contribution >= 4 is 31.0 Å². The van der Waals surface area contributed by atoms with Gasteiger partial charge in [0.05, 0.1) is 12.5 Å². The first-order valence-corrected chi connectivity index (χ1v) is 10.7. The smallest absolute Gasteiger partial charge is 0.357 e. The maximum absolute atomic E-state index is 12.4. The number of nitrogens with zero attached hydrogens (tertiary/aromatic N) is 1. The topological polar surface area (TPSA) is 116 Å². The van der Waals surface area contributed by atoms with Crippen LogP contribution in [0.3, 0.4) is 0 Å². The van der Waals surface area contributed by atoms with Crippen molar-refractivity contribution in [2.75, 3.05) is 0 Å². The van der Waals surface area contributed by atoms with E-state index < -0.39 is 20.2 Å². The average molecular weight is 421 g/mol. The molecule has 0 atom stereocenters. The van der Waals surface area contributed by atoms with E-state index in [1.807, 2.05) is 12.1 Å². The molecular weight excluding hydrogens is 406 g/mol. The molecular formula is C18H15NO7S2. The number of hydrogen-bond donors (Lipinski definition) is 1. The number of rotatable bonds is 4. The predicted octanol–water partition coefficient (Wildman–Crippen LogP) is 2.99. The Morgan fingerprint density at radius 3 is 1.79 bits per heavy atom. The molecule has 10 heteroatoms. The van der Waals surface area contributed by atoms with Gasteiger partial charge in [-0.1, -0.05) is 24.3 Å². The molecule has 0 saturated carbocycles. The van der Waals surface area contributed by atoms with Crippen molar-refractivity contribution in [1.82, 2.24) is 4.73 Å². The summed E-state index contributed by atoms with van der Waals surface area (Å²) < 4.78 is 67.5. The van der Waals surface area contributed by atoms with Crippen LogP contribution in [0.4, 0.5) is 0 Å². The normalized spacial score (nSPS) is 11.6. The molecule has 2 heterocycles. The monoisotopic (exact) mass is 421 g/mol. The maximum Gasteiger partial charge on any atom is 0.357 e. The summed E-state index contributed by atoms with van der Waals surface area (Å²) >= 11 is 0. The molecule has 8 nitrogen and oxygen atoms in total. The van der Waals surface area contributed by atoms with Gasteiger partial charge in [-0.25, -0.2) is 0 Å². The molecule has 28 heavy (non-hydrogen) atoms. The number of benzene rings is 2. The molecule has 0 amide bonds. The van der Waals surface area contributed by atoms with Gasteiger partial charge < -0.3 is 4.42 Å². The number of furan rings is 1. The Morgan fingerprint density at radius 2 is 1.29 bits per heavy atom. The lowest BCUT2D eigenvalue weighted by Crippen LogP contribution is -2.19. The summed E-state index contributed by atoms with van der Waals surface area (Å²) in [6, 6.07) is 14.9. The van der Waals surface area contributed by atoms with Crippen LogP contribution in [0.2, 0.25) is 0 Å². The lowest BCUT2D eigenvalue weighted by molar-refractivity contribution is 0.281. The fraction of sp³-hybridized carbons (Fsp3) is 0. The van der Waals surface area contributed by atoms with E-state index in [2.05, 4.69) is 4.42 Å². The van der Waals surface area contributed by atoms with Crippen LogP contribution >= 0.6 is 0 Å². The van der Waals surface area contributed by atoms with E-state index in [-0.39, 0.29) is 20.6 Å². The quantitative estimate of drug-likeness (QED) is 0.504. The Bertz CT molecular complexity index is 1240. The Hall–Kier alpha value is -3.08. The Kier molecular flexibility index (Phi) is 5.54. The zero-order valence-corrected chi connectivity index (χ0v) is 15.9. The SMILES string of the molecule is O=S(=O)(O)c1cccc2c(S(=O)(=O)On3cccc3)cccc12.c1ccoc1. The largest absolute Gasteiger partial charge is 0.473 e. The van der Waals surface area contributed by atoms with Gasteiger partial charge in [-0.05, 0) is 36.4 Å².